The van der Waals surface area contributed by atoms with Crippen LogP contribution in [0.15, 0.2) is 6.07 Å². The van der Waals surface area contributed by atoms with Crippen molar-refractivity contribution >= 4 is 5.91 Å². The smallest absolute Gasteiger partial charge is 0.253 e. The van der Waals surface area contributed by atoms with Gasteiger partial charge in [0.05, 0.1) is 17.0 Å². The molecule has 15 heavy (non-hydrogen) atoms. The second-order valence-electron chi connectivity index (χ2n) is 4.69. The summed E-state index contributed by atoms with van der Waals surface area (Å²) in [5.74, 6) is -0.0991. The maximum absolute atomic E-state index is 11.9. The van der Waals surface area contributed by atoms with Crippen LogP contribution < -0.4 is 5.32 Å². The minimum Gasteiger partial charge on any atom is -0.347 e. The summed E-state index contributed by atoms with van der Waals surface area (Å²) in [4.78, 5) is 11.9. The fourth-order valence-corrected chi connectivity index (χ4v) is 1.19. The van der Waals surface area contributed by atoms with Gasteiger partial charge in [0.1, 0.15) is 0 Å². The molecule has 0 saturated carbocycles. The Morgan fingerprint density at radius 3 is 2.40 bits per heavy atom. The molecule has 1 aromatic heterocycles. The average molecular weight is 207 g/mol. The van der Waals surface area contributed by atoms with Gasteiger partial charge in [-0.25, -0.2) is 0 Å². The quantitative estimate of drug-likeness (QED) is 0.761. The third-order valence-corrected chi connectivity index (χ3v) is 1.83. The number of carbonyl (C=O) groups is 1. The van der Waals surface area contributed by atoms with Crippen LogP contribution in [0.3, 0.4) is 0 Å². The fraction of sp³-hybridized carbons (Fsp3) is 0.545. The van der Waals surface area contributed by atoms with Gasteiger partial charge in [0.15, 0.2) is 0 Å². The molecule has 1 amide bonds. The van der Waals surface area contributed by atoms with Crippen molar-refractivity contribution in [3.63, 3.8) is 0 Å². The number of amides is 1. The topological polar surface area (TPSA) is 54.9 Å². The van der Waals surface area contributed by atoms with Gasteiger partial charge in [-0.2, -0.15) is 10.2 Å². The summed E-state index contributed by atoms with van der Waals surface area (Å²) in [7, 11) is 0. The van der Waals surface area contributed by atoms with Gasteiger partial charge in [-0.1, -0.05) is 0 Å². The Balaban J connectivity index is 2.96. The molecule has 4 heteroatoms. The second kappa shape index (κ2) is 3.96. The van der Waals surface area contributed by atoms with Crippen LogP contribution in [0, 0.1) is 13.8 Å². The van der Waals surface area contributed by atoms with Gasteiger partial charge in [-0.3, -0.25) is 4.79 Å². The van der Waals surface area contributed by atoms with E-state index in [0.29, 0.717) is 11.3 Å². The highest BCUT2D eigenvalue weighted by Gasteiger charge is 2.17. The standard InChI is InChI=1S/C11H17N3O/c1-7-6-9(8(2)14-13-7)10(15)12-11(3,4)5/h6H,1-5H3,(H,12,15). The summed E-state index contributed by atoms with van der Waals surface area (Å²) in [5, 5.41) is 10.7. The molecule has 0 unspecified atom stereocenters. The predicted octanol–water partition coefficient (Wildman–Crippen LogP) is 1.62. The molecule has 0 spiro atoms. The number of nitrogens with one attached hydrogen (secondary N) is 1. The van der Waals surface area contributed by atoms with Gasteiger partial charge >= 0.3 is 0 Å². The predicted molar refractivity (Wildman–Crippen MR) is 58.7 cm³/mol. The largest absolute Gasteiger partial charge is 0.347 e. The van der Waals surface area contributed by atoms with Crippen molar-refractivity contribution in [3.05, 3.63) is 23.0 Å². The second-order valence-corrected chi connectivity index (χ2v) is 4.69. The van der Waals surface area contributed by atoms with Crippen molar-refractivity contribution in [3.8, 4) is 0 Å². The van der Waals surface area contributed by atoms with Crippen LogP contribution in [-0.4, -0.2) is 21.6 Å². The van der Waals surface area contributed by atoms with E-state index in [1.165, 1.54) is 0 Å². The Kier molecular flexibility index (Phi) is 3.07. The molecule has 0 bridgehead atoms. The zero-order chi connectivity index (χ0) is 11.6. The number of nitrogens with zero attached hydrogens (tertiary/aromatic N) is 2. The summed E-state index contributed by atoms with van der Waals surface area (Å²) in [6.45, 7) is 9.44. The molecule has 0 saturated heterocycles. The van der Waals surface area contributed by atoms with Crippen LogP contribution >= 0.6 is 0 Å². The van der Waals surface area contributed by atoms with Gasteiger partial charge < -0.3 is 5.32 Å². The third kappa shape index (κ3) is 3.31. The Bertz CT molecular complexity index is 380. The van der Waals surface area contributed by atoms with Gasteiger partial charge in [0, 0.05) is 5.54 Å². The number of hydrogen-bond acceptors (Lipinski definition) is 3. The van der Waals surface area contributed by atoms with Gasteiger partial charge in [0.25, 0.3) is 5.91 Å². The van der Waals surface area contributed by atoms with E-state index < -0.39 is 0 Å². The Morgan fingerprint density at radius 1 is 1.27 bits per heavy atom. The van der Waals surface area contributed by atoms with Crippen LogP contribution in [0.2, 0.25) is 0 Å². The molecule has 0 aliphatic heterocycles. The zero-order valence-electron chi connectivity index (χ0n) is 9.88. The molecular weight excluding hydrogens is 190 g/mol. The van der Waals surface area contributed by atoms with Crippen molar-refractivity contribution in [2.45, 2.75) is 40.2 Å². The van der Waals surface area contributed by atoms with E-state index in [9.17, 15) is 4.79 Å². The van der Waals surface area contributed by atoms with Crippen LogP contribution in [-0.2, 0) is 0 Å². The monoisotopic (exact) mass is 207 g/mol. The van der Waals surface area contributed by atoms with E-state index >= 15 is 0 Å². The first kappa shape index (κ1) is 11.6. The van der Waals surface area contributed by atoms with E-state index in [0.717, 1.165) is 5.69 Å². The summed E-state index contributed by atoms with van der Waals surface area (Å²) in [5.41, 5.74) is 1.76. The first-order valence-electron chi connectivity index (χ1n) is 4.93. The van der Waals surface area contributed by atoms with Crippen LogP contribution in [0.4, 0.5) is 0 Å². The lowest BCUT2D eigenvalue weighted by Gasteiger charge is -2.20. The van der Waals surface area contributed by atoms with Crippen molar-refractivity contribution in [1.82, 2.24) is 15.5 Å². The van der Waals surface area contributed by atoms with Crippen LogP contribution in [0.5, 0.6) is 0 Å². The van der Waals surface area contributed by atoms with Crippen LogP contribution in [0.1, 0.15) is 42.5 Å². The third-order valence-electron chi connectivity index (χ3n) is 1.83. The maximum atomic E-state index is 11.9. The Labute approximate surface area is 90.1 Å². The zero-order valence-corrected chi connectivity index (χ0v) is 9.88. The number of rotatable bonds is 1. The highest BCUT2D eigenvalue weighted by molar-refractivity contribution is 5.95. The van der Waals surface area contributed by atoms with Crippen LogP contribution in [0.25, 0.3) is 0 Å². The minimum atomic E-state index is -0.235. The summed E-state index contributed by atoms with van der Waals surface area (Å²) in [6, 6.07) is 1.75. The normalized spacial score (nSPS) is 11.3. The van der Waals surface area contributed by atoms with Crippen molar-refractivity contribution < 1.29 is 4.79 Å². The summed E-state index contributed by atoms with van der Waals surface area (Å²) < 4.78 is 0. The van der Waals surface area contributed by atoms with Gasteiger partial charge in [-0.15, -0.1) is 0 Å². The molecule has 0 aromatic carbocycles. The molecule has 0 aliphatic carbocycles. The van der Waals surface area contributed by atoms with E-state index in [2.05, 4.69) is 15.5 Å². The number of carbonyl (C=O) groups excluding carboxylic acids is 1. The van der Waals surface area contributed by atoms with Crippen molar-refractivity contribution in [2.24, 2.45) is 0 Å². The molecular formula is C11H17N3O. The van der Waals surface area contributed by atoms with Gasteiger partial charge in [0.2, 0.25) is 0 Å². The lowest BCUT2D eigenvalue weighted by molar-refractivity contribution is 0.0918. The first-order chi connectivity index (χ1) is 6.79. The van der Waals surface area contributed by atoms with E-state index in [4.69, 9.17) is 0 Å². The highest BCUT2D eigenvalue weighted by Crippen LogP contribution is 2.08. The highest BCUT2D eigenvalue weighted by atomic mass is 16.1. The molecule has 82 valence electrons. The lowest BCUT2D eigenvalue weighted by atomic mass is 10.1. The van der Waals surface area contributed by atoms with E-state index in [1.807, 2.05) is 27.7 Å². The SMILES string of the molecule is Cc1cc(C(=O)NC(C)(C)C)c(C)nn1. The first-order valence-corrected chi connectivity index (χ1v) is 4.93. The summed E-state index contributed by atoms with van der Waals surface area (Å²) >= 11 is 0. The minimum absolute atomic E-state index is 0.0991. The summed E-state index contributed by atoms with van der Waals surface area (Å²) in [6.07, 6.45) is 0. The molecule has 0 aliphatic rings. The molecule has 1 aromatic rings. The molecule has 0 radical (unpaired) electrons. The number of aromatic nitrogens is 2. The molecule has 0 fully saturated rings. The molecule has 1 N–H and O–H groups in total. The molecule has 1 rings (SSSR count). The molecule has 1 heterocycles. The van der Waals surface area contributed by atoms with E-state index in [-0.39, 0.29) is 11.4 Å². The molecule has 0 atom stereocenters. The van der Waals surface area contributed by atoms with Crippen molar-refractivity contribution in [2.75, 3.05) is 0 Å². The Morgan fingerprint density at radius 2 is 1.87 bits per heavy atom. The Hall–Kier alpha value is -1.45. The number of aryl methyl sites for hydroxylation is 2. The fourth-order valence-electron chi connectivity index (χ4n) is 1.19. The molecule has 4 nitrogen and oxygen atoms in total. The number of hydrogen-bond donors (Lipinski definition) is 1. The van der Waals surface area contributed by atoms with Gasteiger partial charge in [-0.05, 0) is 40.7 Å². The average Bonchev–Trinajstić information content (AvgIpc) is 2.06. The lowest BCUT2D eigenvalue weighted by Crippen LogP contribution is -2.41. The van der Waals surface area contributed by atoms with E-state index in [1.54, 1.807) is 13.0 Å². The van der Waals surface area contributed by atoms with Crippen molar-refractivity contribution in [1.29, 1.82) is 0 Å². The maximum Gasteiger partial charge on any atom is 0.253 e.